The summed E-state index contributed by atoms with van der Waals surface area (Å²) in [6.45, 7) is 0. The smallest absolute Gasteiger partial charge is 0.0702 e. The molecule has 2 rings (SSSR count). The average Bonchev–Trinajstić information content (AvgIpc) is 2.84. The summed E-state index contributed by atoms with van der Waals surface area (Å²) >= 11 is 10.4. The quantitative estimate of drug-likeness (QED) is 0.618. The van der Waals surface area contributed by atoms with E-state index in [1.54, 1.807) is 22.7 Å². The van der Waals surface area contributed by atoms with E-state index in [0.29, 0.717) is 0 Å². The van der Waals surface area contributed by atoms with Gasteiger partial charge in [0, 0.05) is 16.2 Å². The van der Waals surface area contributed by atoms with Gasteiger partial charge in [-0.1, -0.05) is 0 Å². The van der Waals surface area contributed by atoms with Crippen LogP contribution in [0.5, 0.6) is 0 Å². The maximum atomic E-state index is 5.60. The normalized spacial score (nSPS) is 12.9. The Hall–Kier alpha value is 0.280. The second-order valence-corrected chi connectivity index (χ2v) is 8.31. The highest BCUT2D eigenvalue weighted by molar-refractivity contribution is 9.11. The molecule has 16 heavy (non-hydrogen) atoms. The molecule has 0 aromatic carbocycles. The number of hydrazine groups is 1. The van der Waals surface area contributed by atoms with Gasteiger partial charge in [0.1, 0.15) is 0 Å². The van der Waals surface area contributed by atoms with Crippen molar-refractivity contribution in [2.24, 2.45) is 5.84 Å². The minimum Gasteiger partial charge on any atom is -0.271 e. The van der Waals surface area contributed by atoms with Crippen molar-refractivity contribution in [1.82, 2.24) is 5.43 Å². The van der Waals surface area contributed by atoms with Crippen molar-refractivity contribution in [2.45, 2.75) is 12.5 Å². The number of halogens is 2. The summed E-state index contributed by atoms with van der Waals surface area (Å²) in [6.07, 6.45) is 0.916. The molecule has 0 aliphatic rings. The molecule has 1 atom stereocenters. The molecule has 6 heteroatoms. The second-order valence-electron chi connectivity index (χ2n) is 3.27. The first-order valence-corrected chi connectivity index (χ1v) is 7.86. The van der Waals surface area contributed by atoms with E-state index in [2.05, 4.69) is 61.6 Å². The molecule has 0 amide bonds. The van der Waals surface area contributed by atoms with Gasteiger partial charge in [-0.3, -0.25) is 11.3 Å². The Labute approximate surface area is 119 Å². The van der Waals surface area contributed by atoms with Gasteiger partial charge in [0.2, 0.25) is 0 Å². The fourth-order valence-electron chi connectivity index (χ4n) is 1.42. The number of hydrogen-bond acceptors (Lipinski definition) is 4. The van der Waals surface area contributed by atoms with Crippen molar-refractivity contribution >= 4 is 54.5 Å². The second kappa shape index (κ2) is 5.75. The molecule has 0 saturated carbocycles. The largest absolute Gasteiger partial charge is 0.271 e. The molecule has 0 bridgehead atoms. The Balaban J connectivity index is 2.12. The van der Waals surface area contributed by atoms with E-state index in [-0.39, 0.29) is 6.04 Å². The van der Waals surface area contributed by atoms with E-state index in [4.69, 9.17) is 5.84 Å². The summed E-state index contributed by atoms with van der Waals surface area (Å²) in [5.74, 6) is 5.60. The van der Waals surface area contributed by atoms with Gasteiger partial charge in [-0.05, 0) is 56.1 Å². The zero-order chi connectivity index (χ0) is 11.5. The molecule has 0 fully saturated rings. The van der Waals surface area contributed by atoms with Crippen molar-refractivity contribution in [3.8, 4) is 0 Å². The number of nitrogens with one attached hydrogen (secondary N) is 1. The molecule has 2 heterocycles. The van der Waals surface area contributed by atoms with Gasteiger partial charge in [-0.15, -0.1) is 22.7 Å². The standard InChI is InChI=1S/C10H10Br2N2S2/c11-9-3-1-6(15-9)5-7(14-13)8-2-4-10(12)16-8/h1-4,7,14H,5,13H2. The van der Waals surface area contributed by atoms with Gasteiger partial charge < -0.3 is 0 Å². The van der Waals surface area contributed by atoms with Crippen LogP contribution >= 0.6 is 54.5 Å². The zero-order valence-corrected chi connectivity index (χ0v) is 13.0. The van der Waals surface area contributed by atoms with Crippen LogP contribution in [0.2, 0.25) is 0 Å². The highest BCUT2D eigenvalue weighted by Gasteiger charge is 2.13. The third kappa shape index (κ3) is 3.15. The molecule has 0 aliphatic carbocycles. The Morgan fingerprint density at radius 2 is 1.81 bits per heavy atom. The minimum atomic E-state index is 0.182. The number of hydrogen-bond donors (Lipinski definition) is 2. The van der Waals surface area contributed by atoms with Crippen LogP contribution in [0.15, 0.2) is 31.8 Å². The summed E-state index contributed by atoms with van der Waals surface area (Å²) in [7, 11) is 0. The van der Waals surface area contributed by atoms with Crippen LogP contribution in [-0.2, 0) is 6.42 Å². The maximum Gasteiger partial charge on any atom is 0.0702 e. The third-order valence-electron chi connectivity index (χ3n) is 2.17. The molecule has 86 valence electrons. The van der Waals surface area contributed by atoms with Crippen LogP contribution in [0.1, 0.15) is 15.8 Å². The number of nitrogens with two attached hydrogens (primary N) is 1. The van der Waals surface area contributed by atoms with Crippen LogP contribution in [0.25, 0.3) is 0 Å². The maximum absolute atomic E-state index is 5.60. The highest BCUT2D eigenvalue weighted by atomic mass is 79.9. The zero-order valence-electron chi connectivity index (χ0n) is 8.24. The van der Waals surface area contributed by atoms with Crippen molar-refractivity contribution in [3.05, 3.63) is 41.6 Å². The number of rotatable bonds is 4. The lowest BCUT2D eigenvalue weighted by Gasteiger charge is -2.12. The molecule has 0 aliphatic heterocycles. The van der Waals surface area contributed by atoms with Crippen molar-refractivity contribution < 1.29 is 0 Å². The fraction of sp³-hybridized carbons (Fsp3) is 0.200. The average molecular weight is 382 g/mol. The molecule has 1 unspecified atom stereocenters. The van der Waals surface area contributed by atoms with E-state index in [1.165, 1.54) is 9.75 Å². The Bertz CT molecular complexity index is 467. The lowest BCUT2D eigenvalue weighted by Crippen LogP contribution is -2.28. The minimum absolute atomic E-state index is 0.182. The molecule has 2 nitrogen and oxygen atoms in total. The summed E-state index contributed by atoms with van der Waals surface area (Å²) < 4.78 is 2.29. The monoisotopic (exact) mass is 380 g/mol. The fourth-order valence-corrected chi connectivity index (χ4v) is 4.43. The van der Waals surface area contributed by atoms with Gasteiger partial charge in [0.25, 0.3) is 0 Å². The van der Waals surface area contributed by atoms with Gasteiger partial charge >= 0.3 is 0 Å². The topological polar surface area (TPSA) is 38.0 Å². The summed E-state index contributed by atoms with van der Waals surface area (Å²) in [5, 5.41) is 0. The van der Waals surface area contributed by atoms with Gasteiger partial charge in [-0.2, -0.15) is 0 Å². The van der Waals surface area contributed by atoms with E-state index >= 15 is 0 Å². The predicted molar refractivity (Wildman–Crippen MR) is 77.8 cm³/mol. The van der Waals surface area contributed by atoms with Crippen molar-refractivity contribution in [2.75, 3.05) is 0 Å². The molecule has 0 spiro atoms. The van der Waals surface area contributed by atoms with Gasteiger partial charge in [0.05, 0.1) is 13.6 Å². The van der Waals surface area contributed by atoms with E-state index in [1.807, 2.05) is 0 Å². The van der Waals surface area contributed by atoms with Crippen LogP contribution in [0.3, 0.4) is 0 Å². The SMILES string of the molecule is NNC(Cc1ccc(Br)s1)c1ccc(Br)s1. The first-order valence-electron chi connectivity index (χ1n) is 4.64. The van der Waals surface area contributed by atoms with Crippen molar-refractivity contribution in [3.63, 3.8) is 0 Å². The van der Waals surface area contributed by atoms with Crippen LogP contribution in [0, 0.1) is 0 Å². The summed E-state index contributed by atoms with van der Waals surface area (Å²) in [4.78, 5) is 2.57. The molecular formula is C10H10Br2N2S2. The first kappa shape index (κ1) is 12.7. The lowest BCUT2D eigenvalue weighted by molar-refractivity contribution is 0.564. The molecule has 2 aromatic rings. The van der Waals surface area contributed by atoms with E-state index in [9.17, 15) is 0 Å². The van der Waals surface area contributed by atoms with E-state index in [0.717, 1.165) is 14.0 Å². The van der Waals surface area contributed by atoms with Gasteiger partial charge in [-0.25, -0.2) is 0 Å². The third-order valence-corrected chi connectivity index (χ3v) is 5.56. The number of thiophene rings is 2. The molecule has 0 saturated heterocycles. The molecule has 0 radical (unpaired) electrons. The highest BCUT2D eigenvalue weighted by Crippen LogP contribution is 2.31. The molecular weight excluding hydrogens is 372 g/mol. The lowest BCUT2D eigenvalue weighted by atomic mass is 10.1. The Morgan fingerprint density at radius 3 is 2.31 bits per heavy atom. The molecule has 3 N–H and O–H groups in total. The van der Waals surface area contributed by atoms with Crippen LogP contribution in [-0.4, -0.2) is 0 Å². The Kier molecular flexibility index (Phi) is 4.57. The van der Waals surface area contributed by atoms with Gasteiger partial charge in [0.15, 0.2) is 0 Å². The Morgan fingerprint density at radius 1 is 1.12 bits per heavy atom. The van der Waals surface area contributed by atoms with E-state index < -0.39 is 0 Å². The first-order chi connectivity index (χ1) is 7.69. The van der Waals surface area contributed by atoms with Crippen LogP contribution in [0.4, 0.5) is 0 Å². The molecule has 2 aromatic heterocycles. The van der Waals surface area contributed by atoms with Crippen molar-refractivity contribution in [1.29, 1.82) is 0 Å². The van der Waals surface area contributed by atoms with Crippen LogP contribution < -0.4 is 11.3 Å². The predicted octanol–water partition coefficient (Wildman–Crippen LogP) is 4.08. The summed E-state index contributed by atoms with van der Waals surface area (Å²) in [6, 6.07) is 8.53. The summed E-state index contributed by atoms with van der Waals surface area (Å²) in [5.41, 5.74) is 2.87.